The summed E-state index contributed by atoms with van der Waals surface area (Å²) in [6.07, 6.45) is 2.09. The molecule has 5 nitrogen and oxygen atoms in total. The van der Waals surface area contributed by atoms with Crippen molar-refractivity contribution in [3.05, 3.63) is 67.4 Å². The predicted octanol–water partition coefficient (Wildman–Crippen LogP) is 1.37. The smallest absolute Gasteiger partial charge is 0.330 e. The second-order valence-electron chi connectivity index (χ2n) is 4.95. The van der Waals surface area contributed by atoms with Crippen LogP contribution in [0.25, 0.3) is 0 Å². The molecule has 0 bridgehead atoms. The van der Waals surface area contributed by atoms with Crippen LogP contribution in [0.5, 0.6) is 0 Å². The van der Waals surface area contributed by atoms with Crippen molar-refractivity contribution in [1.29, 1.82) is 0 Å². The van der Waals surface area contributed by atoms with E-state index in [0.717, 1.165) is 11.1 Å². The van der Waals surface area contributed by atoms with Gasteiger partial charge in [-0.25, -0.2) is 4.79 Å². The minimum Gasteiger partial charge on any atom is -0.330 e. The largest absolute Gasteiger partial charge is 0.331 e. The monoisotopic (exact) mass is 307 g/mol. The number of aromatic nitrogens is 2. The van der Waals surface area contributed by atoms with Gasteiger partial charge in [0.15, 0.2) is 0 Å². The molecule has 0 fully saturated rings. The molecule has 2 aromatic rings. The highest BCUT2D eigenvalue weighted by Gasteiger charge is 2.07. The fourth-order valence-electron chi connectivity index (χ4n) is 2.10. The molecule has 1 aromatic heterocycles. The van der Waals surface area contributed by atoms with E-state index in [4.69, 9.17) is 17.3 Å². The van der Waals surface area contributed by atoms with Gasteiger partial charge in [-0.2, -0.15) is 0 Å². The topological polar surface area (TPSA) is 70.0 Å². The Hall–Kier alpha value is -1.85. The molecule has 1 heterocycles. The lowest BCUT2D eigenvalue weighted by atomic mass is 10.1. The molecule has 0 aliphatic carbocycles. The van der Waals surface area contributed by atoms with Crippen molar-refractivity contribution >= 4 is 11.6 Å². The number of halogens is 1. The van der Waals surface area contributed by atoms with Gasteiger partial charge in [0.05, 0.1) is 6.54 Å². The normalized spacial score (nSPS) is 10.8. The van der Waals surface area contributed by atoms with E-state index < -0.39 is 0 Å². The first-order valence-electron chi connectivity index (χ1n) is 6.78. The zero-order valence-corrected chi connectivity index (χ0v) is 12.6. The van der Waals surface area contributed by atoms with Gasteiger partial charge in [0.2, 0.25) is 0 Å². The molecule has 0 saturated heterocycles. The summed E-state index contributed by atoms with van der Waals surface area (Å²) in [5.74, 6) is 0. The highest BCUT2D eigenvalue weighted by Crippen LogP contribution is 2.17. The summed E-state index contributed by atoms with van der Waals surface area (Å²) >= 11 is 6.19. The highest BCUT2D eigenvalue weighted by atomic mass is 35.5. The number of hydrogen-bond donors (Lipinski definition) is 1. The molecule has 0 amide bonds. The molecule has 0 radical (unpaired) electrons. The average molecular weight is 308 g/mol. The molecule has 2 N–H and O–H groups in total. The molecule has 112 valence electrons. The third-order valence-electron chi connectivity index (χ3n) is 3.27. The Morgan fingerprint density at radius 1 is 1.24 bits per heavy atom. The third-order valence-corrected chi connectivity index (χ3v) is 3.63. The van der Waals surface area contributed by atoms with E-state index in [1.165, 1.54) is 21.4 Å². The van der Waals surface area contributed by atoms with Gasteiger partial charge < -0.3 is 5.73 Å². The first-order valence-corrected chi connectivity index (χ1v) is 7.16. The molecule has 21 heavy (non-hydrogen) atoms. The van der Waals surface area contributed by atoms with Crippen LogP contribution in [-0.4, -0.2) is 15.7 Å². The Morgan fingerprint density at radius 3 is 2.67 bits per heavy atom. The maximum Gasteiger partial charge on any atom is 0.331 e. The number of nitrogens with two attached hydrogens (primary N) is 1. The molecule has 1 aromatic carbocycles. The number of benzene rings is 1. The van der Waals surface area contributed by atoms with Crippen molar-refractivity contribution in [2.45, 2.75) is 26.4 Å². The van der Waals surface area contributed by atoms with Gasteiger partial charge in [0, 0.05) is 23.8 Å². The summed E-state index contributed by atoms with van der Waals surface area (Å²) in [6, 6.07) is 7.07. The SMILES string of the molecule is Cc1ccc(Cn2ccc(=O)n(CCCN)c2=O)c(Cl)c1. The van der Waals surface area contributed by atoms with Crippen LogP contribution in [0, 0.1) is 6.92 Å². The molecule has 0 aliphatic heterocycles. The van der Waals surface area contributed by atoms with Crippen LogP contribution in [0.2, 0.25) is 5.02 Å². The molecular formula is C15H18ClN3O2. The van der Waals surface area contributed by atoms with Crippen LogP contribution in [-0.2, 0) is 13.1 Å². The molecule has 0 saturated carbocycles. The lowest BCUT2D eigenvalue weighted by Gasteiger charge is -2.11. The third kappa shape index (κ3) is 3.62. The van der Waals surface area contributed by atoms with Crippen molar-refractivity contribution in [3.63, 3.8) is 0 Å². The van der Waals surface area contributed by atoms with Crippen LogP contribution >= 0.6 is 11.6 Å². The number of aryl methyl sites for hydroxylation is 1. The van der Waals surface area contributed by atoms with Gasteiger partial charge in [0.1, 0.15) is 0 Å². The van der Waals surface area contributed by atoms with E-state index in [2.05, 4.69) is 0 Å². The standard InChI is InChI=1S/C15H18ClN3O2/c1-11-3-4-12(13(16)9-11)10-18-8-5-14(20)19(15(18)21)7-2-6-17/h3-5,8-9H,2,6-7,10,17H2,1H3. The van der Waals surface area contributed by atoms with E-state index >= 15 is 0 Å². The zero-order chi connectivity index (χ0) is 15.4. The summed E-state index contributed by atoms with van der Waals surface area (Å²) in [5, 5.41) is 0.613. The summed E-state index contributed by atoms with van der Waals surface area (Å²) in [5.41, 5.74) is 6.68. The zero-order valence-electron chi connectivity index (χ0n) is 11.9. The predicted molar refractivity (Wildman–Crippen MR) is 83.9 cm³/mol. The minimum absolute atomic E-state index is 0.306. The number of nitrogens with zero attached hydrogens (tertiary/aromatic N) is 2. The fraction of sp³-hybridized carbons (Fsp3) is 0.333. The van der Waals surface area contributed by atoms with Crippen molar-refractivity contribution in [2.75, 3.05) is 6.54 Å². The summed E-state index contributed by atoms with van der Waals surface area (Å²) in [7, 11) is 0. The lowest BCUT2D eigenvalue weighted by molar-refractivity contribution is 0.554. The maximum atomic E-state index is 12.3. The van der Waals surface area contributed by atoms with E-state index in [9.17, 15) is 9.59 Å². The van der Waals surface area contributed by atoms with Gasteiger partial charge in [0.25, 0.3) is 5.56 Å². The van der Waals surface area contributed by atoms with Gasteiger partial charge in [-0.15, -0.1) is 0 Å². The molecular weight excluding hydrogens is 290 g/mol. The quantitative estimate of drug-likeness (QED) is 0.907. The van der Waals surface area contributed by atoms with Gasteiger partial charge in [-0.05, 0) is 37.1 Å². The van der Waals surface area contributed by atoms with Crippen LogP contribution in [0.15, 0.2) is 40.1 Å². The highest BCUT2D eigenvalue weighted by molar-refractivity contribution is 6.31. The second-order valence-corrected chi connectivity index (χ2v) is 5.36. The Labute approximate surface area is 127 Å². The van der Waals surface area contributed by atoms with Crippen molar-refractivity contribution < 1.29 is 0 Å². The summed E-state index contributed by atoms with van der Waals surface area (Å²) < 4.78 is 2.68. The molecule has 0 spiro atoms. The Morgan fingerprint density at radius 2 is 2.00 bits per heavy atom. The Bertz CT molecular complexity index is 749. The molecule has 0 unspecified atom stereocenters. The molecule has 0 aliphatic rings. The van der Waals surface area contributed by atoms with E-state index in [1.54, 1.807) is 0 Å². The average Bonchev–Trinajstić information content (AvgIpc) is 2.44. The number of hydrogen-bond acceptors (Lipinski definition) is 3. The summed E-state index contributed by atoms with van der Waals surface area (Å²) in [4.78, 5) is 24.1. The van der Waals surface area contributed by atoms with Gasteiger partial charge in [-0.3, -0.25) is 13.9 Å². The van der Waals surface area contributed by atoms with E-state index in [0.29, 0.717) is 31.1 Å². The molecule has 6 heteroatoms. The van der Waals surface area contributed by atoms with Crippen LogP contribution in [0.1, 0.15) is 17.5 Å². The van der Waals surface area contributed by atoms with Crippen LogP contribution in [0.3, 0.4) is 0 Å². The molecule has 2 rings (SSSR count). The van der Waals surface area contributed by atoms with Crippen LogP contribution < -0.4 is 17.0 Å². The fourth-order valence-corrected chi connectivity index (χ4v) is 2.39. The Balaban J connectivity index is 2.36. The second kappa shape index (κ2) is 6.74. The van der Waals surface area contributed by atoms with Gasteiger partial charge in [-0.1, -0.05) is 23.7 Å². The minimum atomic E-state index is -0.340. The van der Waals surface area contributed by atoms with Crippen LogP contribution in [0.4, 0.5) is 0 Å². The van der Waals surface area contributed by atoms with E-state index in [-0.39, 0.29) is 11.2 Å². The maximum absolute atomic E-state index is 12.3. The Kier molecular flexibility index (Phi) is 4.98. The van der Waals surface area contributed by atoms with Crippen molar-refractivity contribution in [2.24, 2.45) is 5.73 Å². The first kappa shape index (κ1) is 15.5. The lowest BCUT2D eigenvalue weighted by Crippen LogP contribution is -2.39. The number of rotatable bonds is 5. The van der Waals surface area contributed by atoms with E-state index in [1.807, 2.05) is 25.1 Å². The van der Waals surface area contributed by atoms with Gasteiger partial charge >= 0.3 is 5.69 Å². The van der Waals surface area contributed by atoms with Crippen molar-refractivity contribution in [1.82, 2.24) is 9.13 Å². The first-order chi connectivity index (χ1) is 10.0. The van der Waals surface area contributed by atoms with Crippen molar-refractivity contribution in [3.8, 4) is 0 Å². The summed E-state index contributed by atoms with van der Waals surface area (Å²) in [6.45, 7) is 3.05. The molecule has 0 atom stereocenters.